The Bertz CT molecular complexity index is 2780. The van der Waals surface area contributed by atoms with Gasteiger partial charge in [0.05, 0.1) is 17.0 Å². The fourth-order valence-electron chi connectivity index (χ4n) is 7.15. The summed E-state index contributed by atoms with van der Waals surface area (Å²) in [5.74, 6) is 0.665. The van der Waals surface area contributed by atoms with Crippen molar-refractivity contribution in [1.82, 2.24) is 9.97 Å². The van der Waals surface area contributed by atoms with Gasteiger partial charge in [-0.1, -0.05) is 152 Å². The highest BCUT2D eigenvalue weighted by atomic mass is 16.3. The minimum absolute atomic E-state index is 0.665. The van der Waals surface area contributed by atoms with Gasteiger partial charge < -0.3 is 8.83 Å². The van der Waals surface area contributed by atoms with E-state index >= 15 is 0 Å². The fraction of sp³-hybridized carbons (Fsp3) is 0. The van der Waals surface area contributed by atoms with E-state index in [0.717, 1.165) is 94.2 Å². The monoisotopic (exact) mass is 640 g/mol. The van der Waals surface area contributed by atoms with Crippen molar-refractivity contribution < 1.29 is 8.83 Å². The molecule has 10 aromatic rings. The van der Waals surface area contributed by atoms with Crippen molar-refractivity contribution in [3.05, 3.63) is 170 Å². The van der Waals surface area contributed by atoms with Crippen LogP contribution in [0.1, 0.15) is 0 Å². The molecule has 0 bridgehead atoms. The van der Waals surface area contributed by atoms with Gasteiger partial charge in [0.25, 0.3) is 0 Å². The lowest BCUT2D eigenvalue weighted by Gasteiger charge is -2.09. The van der Waals surface area contributed by atoms with E-state index < -0.39 is 0 Å². The molecule has 0 N–H and O–H groups in total. The molecule has 50 heavy (non-hydrogen) atoms. The Labute approximate surface area is 287 Å². The average molecular weight is 641 g/mol. The molecule has 10 rings (SSSR count). The zero-order valence-electron chi connectivity index (χ0n) is 26.9. The maximum absolute atomic E-state index is 7.01. The molecule has 0 radical (unpaired) electrons. The van der Waals surface area contributed by atoms with E-state index in [1.807, 2.05) is 60.7 Å². The van der Waals surface area contributed by atoms with Gasteiger partial charge in [-0.15, -0.1) is 0 Å². The molecule has 3 aromatic heterocycles. The van der Waals surface area contributed by atoms with Crippen molar-refractivity contribution in [3.63, 3.8) is 0 Å². The van der Waals surface area contributed by atoms with E-state index in [-0.39, 0.29) is 0 Å². The molecule has 0 fully saturated rings. The van der Waals surface area contributed by atoms with E-state index in [1.165, 1.54) is 0 Å². The Morgan fingerprint density at radius 3 is 1.40 bits per heavy atom. The highest BCUT2D eigenvalue weighted by Gasteiger charge is 2.24. The van der Waals surface area contributed by atoms with Gasteiger partial charge in [0.2, 0.25) is 0 Å². The Hall–Kier alpha value is -6.78. The molecule has 0 unspecified atom stereocenters. The largest absolute Gasteiger partial charge is 0.455 e. The molecular formula is C46H28N2O2. The Kier molecular flexibility index (Phi) is 6.46. The third-order valence-corrected chi connectivity index (χ3v) is 9.50. The number of hydrogen-bond donors (Lipinski definition) is 0. The van der Waals surface area contributed by atoms with Crippen LogP contribution < -0.4 is 0 Å². The van der Waals surface area contributed by atoms with Crippen LogP contribution in [-0.4, -0.2) is 9.97 Å². The van der Waals surface area contributed by atoms with Gasteiger partial charge in [-0.2, -0.15) is 0 Å². The number of aromatic nitrogens is 2. The lowest BCUT2D eigenvalue weighted by Crippen LogP contribution is -1.96. The minimum atomic E-state index is 0.665. The van der Waals surface area contributed by atoms with Gasteiger partial charge in [0, 0.05) is 43.8 Å². The highest BCUT2D eigenvalue weighted by molar-refractivity contribution is 6.24. The van der Waals surface area contributed by atoms with Crippen molar-refractivity contribution in [2.45, 2.75) is 0 Å². The summed E-state index contributed by atoms with van der Waals surface area (Å²) < 4.78 is 13.9. The van der Waals surface area contributed by atoms with E-state index in [4.69, 9.17) is 18.8 Å². The van der Waals surface area contributed by atoms with Crippen LogP contribution >= 0.6 is 0 Å². The molecule has 0 amide bonds. The van der Waals surface area contributed by atoms with Crippen LogP contribution in [0.4, 0.5) is 0 Å². The third kappa shape index (κ3) is 4.54. The fourth-order valence-corrected chi connectivity index (χ4v) is 7.15. The first kappa shape index (κ1) is 28.3. The van der Waals surface area contributed by atoms with Crippen molar-refractivity contribution in [2.75, 3.05) is 0 Å². The second-order valence-corrected chi connectivity index (χ2v) is 12.5. The highest BCUT2D eigenvalue weighted by Crippen LogP contribution is 2.47. The normalized spacial score (nSPS) is 11.6. The summed E-state index contributed by atoms with van der Waals surface area (Å²) in [7, 11) is 0. The average Bonchev–Trinajstić information content (AvgIpc) is 3.76. The van der Waals surface area contributed by atoms with Crippen LogP contribution in [0.5, 0.6) is 0 Å². The maximum atomic E-state index is 7.01. The quantitative estimate of drug-likeness (QED) is 0.188. The number of hydrogen-bond acceptors (Lipinski definition) is 4. The van der Waals surface area contributed by atoms with Crippen LogP contribution in [0.25, 0.3) is 100 Å². The maximum Gasteiger partial charge on any atom is 0.160 e. The number of rotatable bonds is 5. The lowest BCUT2D eigenvalue weighted by molar-refractivity contribution is 0.659. The summed E-state index contributed by atoms with van der Waals surface area (Å²) in [4.78, 5) is 10.1. The molecule has 0 aliphatic carbocycles. The molecule has 7 aromatic carbocycles. The zero-order valence-corrected chi connectivity index (χ0v) is 26.9. The van der Waals surface area contributed by atoms with Crippen molar-refractivity contribution in [1.29, 1.82) is 0 Å². The predicted molar refractivity (Wildman–Crippen MR) is 204 cm³/mol. The number of para-hydroxylation sites is 2. The Balaban J connectivity index is 1.27. The van der Waals surface area contributed by atoms with Gasteiger partial charge >= 0.3 is 0 Å². The molecular weight excluding hydrogens is 613 g/mol. The van der Waals surface area contributed by atoms with Crippen molar-refractivity contribution in [3.8, 4) is 56.2 Å². The van der Waals surface area contributed by atoms with E-state index in [1.54, 1.807) is 0 Å². The summed E-state index contributed by atoms with van der Waals surface area (Å²) in [6, 6.07) is 58.2. The number of benzene rings is 7. The molecule has 4 nitrogen and oxygen atoms in total. The second-order valence-electron chi connectivity index (χ2n) is 12.5. The van der Waals surface area contributed by atoms with Gasteiger partial charge in [-0.05, 0) is 29.3 Å². The van der Waals surface area contributed by atoms with Gasteiger partial charge in [-0.3, -0.25) is 0 Å². The minimum Gasteiger partial charge on any atom is -0.455 e. The van der Waals surface area contributed by atoms with Gasteiger partial charge in [0.15, 0.2) is 5.82 Å². The van der Waals surface area contributed by atoms with Gasteiger partial charge in [0.1, 0.15) is 22.3 Å². The topological polar surface area (TPSA) is 52.1 Å². The zero-order chi connectivity index (χ0) is 33.0. The summed E-state index contributed by atoms with van der Waals surface area (Å²) in [5.41, 5.74) is 11.9. The molecule has 0 atom stereocenters. The molecule has 4 heteroatoms. The molecule has 0 saturated carbocycles. The first-order valence-electron chi connectivity index (χ1n) is 16.7. The summed E-state index contributed by atoms with van der Waals surface area (Å²) in [6.07, 6.45) is 0. The standard InChI is InChI=1S/C46H28N2O2/c1-5-15-29(16-6-1)33-23-13-24-34-37-27-38-35-25-14-26-36(43(35)50-45(38)41(44(37)49-42(33)34)31-19-9-3-10-20-31)40-28-39(30-17-7-2-8-18-30)47-46(48-40)32-21-11-4-12-22-32/h1-28H. The number of furan rings is 2. The third-order valence-electron chi connectivity index (χ3n) is 9.50. The van der Waals surface area contributed by atoms with E-state index in [0.29, 0.717) is 5.82 Å². The number of nitrogens with zero attached hydrogens (tertiary/aromatic N) is 2. The SMILES string of the molecule is c1ccc(-c2cc(-c3cccc4c3oc3c(-c5ccccc5)c5oc6c(-c7ccccc7)cccc6c5cc34)nc(-c3ccccc3)n2)cc1. The molecule has 0 spiro atoms. The van der Waals surface area contributed by atoms with Crippen molar-refractivity contribution >= 4 is 43.9 Å². The van der Waals surface area contributed by atoms with E-state index in [2.05, 4.69) is 109 Å². The molecule has 0 aliphatic rings. The summed E-state index contributed by atoms with van der Waals surface area (Å²) in [5, 5.41) is 4.17. The lowest BCUT2D eigenvalue weighted by atomic mass is 9.97. The van der Waals surface area contributed by atoms with Gasteiger partial charge in [-0.25, -0.2) is 9.97 Å². The molecule has 0 aliphatic heterocycles. The van der Waals surface area contributed by atoms with Crippen LogP contribution in [0.2, 0.25) is 0 Å². The van der Waals surface area contributed by atoms with Crippen LogP contribution in [0.15, 0.2) is 179 Å². The van der Waals surface area contributed by atoms with Crippen LogP contribution in [0, 0.1) is 0 Å². The summed E-state index contributed by atoms with van der Waals surface area (Å²) in [6.45, 7) is 0. The van der Waals surface area contributed by atoms with Crippen molar-refractivity contribution in [2.24, 2.45) is 0 Å². The molecule has 3 heterocycles. The summed E-state index contributed by atoms with van der Waals surface area (Å²) >= 11 is 0. The van der Waals surface area contributed by atoms with Crippen LogP contribution in [-0.2, 0) is 0 Å². The smallest absolute Gasteiger partial charge is 0.160 e. The molecule has 0 saturated heterocycles. The first-order chi connectivity index (χ1) is 24.8. The molecule has 234 valence electrons. The Morgan fingerprint density at radius 1 is 0.320 bits per heavy atom. The Morgan fingerprint density at radius 2 is 0.800 bits per heavy atom. The number of fused-ring (bicyclic) bond motifs is 6. The predicted octanol–water partition coefficient (Wildman–Crippen LogP) is 12.6. The first-order valence-corrected chi connectivity index (χ1v) is 16.7. The van der Waals surface area contributed by atoms with Crippen LogP contribution in [0.3, 0.4) is 0 Å². The second kappa shape index (κ2) is 11.4. The van der Waals surface area contributed by atoms with E-state index in [9.17, 15) is 0 Å².